The van der Waals surface area contributed by atoms with Crippen LogP contribution in [0, 0.1) is 6.92 Å². The monoisotopic (exact) mass is 404 g/mol. The fourth-order valence-electron chi connectivity index (χ4n) is 3.14. The van der Waals surface area contributed by atoms with E-state index in [9.17, 15) is 4.79 Å². The van der Waals surface area contributed by atoms with Crippen molar-refractivity contribution in [2.45, 2.75) is 26.7 Å². The van der Waals surface area contributed by atoms with E-state index >= 15 is 0 Å². The van der Waals surface area contributed by atoms with E-state index in [1.807, 2.05) is 31.2 Å². The maximum atomic E-state index is 12.6. The summed E-state index contributed by atoms with van der Waals surface area (Å²) in [5.41, 5.74) is 5.76. The summed E-state index contributed by atoms with van der Waals surface area (Å²) in [7, 11) is 0. The number of rotatable bonds is 4. The molecule has 146 valence electrons. The zero-order valence-electron chi connectivity index (χ0n) is 16.5. The first-order valence-corrected chi connectivity index (χ1v) is 9.87. The second-order valence-electron chi connectivity index (χ2n) is 7.40. The number of hydrogen-bond acceptors (Lipinski definition) is 3. The molecule has 0 fully saturated rings. The molecular weight excluding hydrogens is 384 g/mol. The maximum Gasteiger partial charge on any atom is 0.255 e. The van der Waals surface area contributed by atoms with Gasteiger partial charge in [-0.05, 0) is 66.4 Å². The number of nitrogens with one attached hydrogen (secondary N) is 1. The third kappa shape index (κ3) is 4.03. The minimum absolute atomic E-state index is 0.216. The van der Waals surface area contributed by atoms with Crippen molar-refractivity contribution in [1.82, 2.24) is 4.98 Å². The van der Waals surface area contributed by atoms with E-state index < -0.39 is 0 Å². The molecule has 3 aromatic carbocycles. The summed E-state index contributed by atoms with van der Waals surface area (Å²) in [5, 5.41) is 3.48. The molecule has 4 rings (SSSR count). The molecule has 0 spiro atoms. The van der Waals surface area contributed by atoms with Gasteiger partial charge in [-0.2, -0.15) is 0 Å². The number of halogens is 1. The van der Waals surface area contributed by atoms with Crippen LogP contribution >= 0.6 is 11.6 Å². The zero-order chi connectivity index (χ0) is 20.5. The highest BCUT2D eigenvalue weighted by atomic mass is 35.5. The Morgan fingerprint density at radius 3 is 2.66 bits per heavy atom. The van der Waals surface area contributed by atoms with Crippen molar-refractivity contribution in [2.24, 2.45) is 0 Å². The molecular formula is C24H21ClN2O2. The van der Waals surface area contributed by atoms with Crippen LogP contribution in [0.5, 0.6) is 0 Å². The van der Waals surface area contributed by atoms with Gasteiger partial charge in [0.25, 0.3) is 5.91 Å². The SMILES string of the molecule is Cc1ccc(-c2nc3cc(C(C)C)ccc3o2)cc1NC(=O)c1cccc(Cl)c1. The average Bonchev–Trinajstić information content (AvgIpc) is 3.12. The first-order valence-electron chi connectivity index (χ1n) is 9.49. The van der Waals surface area contributed by atoms with Crippen molar-refractivity contribution in [3.05, 3.63) is 82.4 Å². The number of benzene rings is 3. The molecule has 0 aliphatic heterocycles. The van der Waals surface area contributed by atoms with E-state index in [1.54, 1.807) is 24.3 Å². The molecule has 0 bridgehead atoms. The summed E-state index contributed by atoms with van der Waals surface area (Å²) in [6.07, 6.45) is 0. The van der Waals surface area contributed by atoms with E-state index in [2.05, 4.69) is 36.3 Å². The van der Waals surface area contributed by atoms with Gasteiger partial charge in [0.05, 0.1) is 0 Å². The van der Waals surface area contributed by atoms with Crippen molar-refractivity contribution >= 4 is 34.3 Å². The van der Waals surface area contributed by atoms with Crippen molar-refractivity contribution in [3.8, 4) is 11.5 Å². The standard InChI is InChI=1S/C24H21ClN2O2/c1-14(2)16-9-10-22-21(12-16)27-24(29-22)18-8-7-15(3)20(13-18)26-23(28)17-5-4-6-19(25)11-17/h4-14H,1-3H3,(H,26,28). The van der Waals surface area contributed by atoms with Crippen LogP contribution in [0.15, 0.2) is 65.1 Å². The van der Waals surface area contributed by atoms with Crippen molar-refractivity contribution < 1.29 is 9.21 Å². The van der Waals surface area contributed by atoms with E-state index in [0.29, 0.717) is 28.1 Å². The molecule has 0 atom stereocenters. The molecule has 5 heteroatoms. The second-order valence-corrected chi connectivity index (χ2v) is 7.83. The number of oxazole rings is 1. The molecule has 4 nitrogen and oxygen atoms in total. The lowest BCUT2D eigenvalue weighted by Gasteiger charge is -2.10. The largest absolute Gasteiger partial charge is 0.436 e. The van der Waals surface area contributed by atoms with Gasteiger partial charge in [-0.15, -0.1) is 0 Å². The third-order valence-corrected chi connectivity index (χ3v) is 5.13. The van der Waals surface area contributed by atoms with Gasteiger partial charge >= 0.3 is 0 Å². The Labute approximate surface area is 174 Å². The normalized spacial score (nSPS) is 11.2. The van der Waals surface area contributed by atoms with Crippen LogP contribution < -0.4 is 5.32 Å². The van der Waals surface area contributed by atoms with Gasteiger partial charge in [0, 0.05) is 21.8 Å². The number of hydrogen-bond donors (Lipinski definition) is 1. The molecule has 0 aliphatic rings. The fourth-order valence-corrected chi connectivity index (χ4v) is 3.33. The van der Waals surface area contributed by atoms with Gasteiger partial charge in [0.15, 0.2) is 5.58 Å². The van der Waals surface area contributed by atoms with E-state index in [-0.39, 0.29) is 5.91 Å². The lowest BCUT2D eigenvalue weighted by atomic mass is 10.0. The van der Waals surface area contributed by atoms with Crippen LogP contribution in [0.1, 0.15) is 41.3 Å². The summed E-state index contributed by atoms with van der Waals surface area (Å²) < 4.78 is 5.95. The number of amides is 1. The summed E-state index contributed by atoms with van der Waals surface area (Å²) >= 11 is 6.00. The van der Waals surface area contributed by atoms with E-state index in [1.165, 1.54) is 5.56 Å². The molecule has 1 heterocycles. The lowest BCUT2D eigenvalue weighted by Crippen LogP contribution is -2.12. The Morgan fingerprint density at radius 2 is 1.90 bits per heavy atom. The number of anilines is 1. The Hall–Kier alpha value is -3.11. The highest BCUT2D eigenvalue weighted by Gasteiger charge is 2.13. The van der Waals surface area contributed by atoms with Crippen LogP contribution in [0.25, 0.3) is 22.6 Å². The number of carbonyl (C=O) groups excluding carboxylic acids is 1. The number of aryl methyl sites for hydroxylation is 1. The summed E-state index contributed by atoms with van der Waals surface area (Å²) in [6, 6.07) is 18.7. The molecule has 0 radical (unpaired) electrons. The number of carbonyl (C=O) groups is 1. The topological polar surface area (TPSA) is 55.1 Å². The van der Waals surface area contributed by atoms with Gasteiger partial charge in [0.2, 0.25) is 5.89 Å². The van der Waals surface area contributed by atoms with E-state index in [0.717, 1.165) is 22.2 Å². The Kier molecular flexibility index (Phi) is 5.12. The van der Waals surface area contributed by atoms with Crippen LogP contribution in [0.3, 0.4) is 0 Å². The molecule has 1 aromatic heterocycles. The van der Waals surface area contributed by atoms with Crippen LogP contribution in [0.2, 0.25) is 5.02 Å². The van der Waals surface area contributed by atoms with Gasteiger partial charge < -0.3 is 9.73 Å². The minimum Gasteiger partial charge on any atom is -0.436 e. The van der Waals surface area contributed by atoms with E-state index in [4.69, 9.17) is 16.0 Å². The molecule has 1 amide bonds. The van der Waals surface area contributed by atoms with Crippen molar-refractivity contribution in [1.29, 1.82) is 0 Å². The maximum absolute atomic E-state index is 12.6. The fraction of sp³-hybridized carbons (Fsp3) is 0.167. The van der Waals surface area contributed by atoms with Crippen LogP contribution in [-0.2, 0) is 0 Å². The Bertz CT molecular complexity index is 1210. The first-order chi connectivity index (χ1) is 13.9. The smallest absolute Gasteiger partial charge is 0.255 e. The molecule has 0 saturated carbocycles. The highest BCUT2D eigenvalue weighted by Crippen LogP contribution is 2.29. The Balaban J connectivity index is 1.66. The first kappa shape index (κ1) is 19.2. The predicted molar refractivity (Wildman–Crippen MR) is 118 cm³/mol. The summed E-state index contributed by atoms with van der Waals surface area (Å²) in [4.78, 5) is 17.2. The zero-order valence-corrected chi connectivity index (χ0v) is 17.2. The van der Waals surface area contributed by atoms with Crippen LogP contribution in [0.4, 0.5) is 5.69 Å². The quantitative estimate of drug-likeness (QED) is 0.405. The van der Waals surface area contributed by atoms with Gasteiger partial charge in [0.1, 0.15) is 5.52 Å². The van der Waals surface area contributed by atoms with Crippen molar-refractivity contribution in [3.63, 3.8) is 0 Å². The molecule has 0 unspecified atom stereocenters. The highest BCUT2D eigenvalue weighted by molar-refractivity contribution is 6.31. The van der Waals surface area contributed by atoms with Crippen molar-refractivity contribution in [2.75, 3.05) is 5.32 Å². The minimum atomic E-state index is -0.216. The molecule has 0 saturated heterocycles. The Morgan fingerprint density at radius 1 is 1.07 bits per heavy atom. The predicted octanol–water partition coefficient (Wildman–Crippen LogP) is 6.83. The van der Waals surface area contributed by atoms with Gasteiger partial charge in [-0.25, -0.2) is 4.98 Å². The third-order valence-electron chi connectivity index (χ3n) is 4.90. The number of aromatic nitrogens is 1. The average molecular weight is 405 g/mol. The second kappa shape index (κ2) is 7.72. The van der Waals surface area contributed by atoms with Crippen LogP contribution in [-0.4, -0.2) is 10.9 Å². The summed E-state index contributed by atoms with van der Waals surface area (Å²) in [5.74, 6) is 0.735. The van der Waals surface area contributed by atoms with Gasteiger partial charge in [-0.1, -0.05) is 43.6 Å². The molecule has 4 aromatic rings. The molecule has 1 N–H and O–H groups in total. The lowest BCUT2D eigenvalue weighted by molar-refractivity contribution is 0.102. The summed E-state index contributed by atoms with van der Waals surface area (Å²) in [6.45, 7) is 6.24. The number of nitrogens with zero attached hydrogens (tertiary/aromatic N) is 1. The number of fused-ring (bicyclic) bond motifs is 1. The molecule has 29 heavy (non-hydrogen) atoms. The molecule has 0 aliphatic carbocycles. The van der Waals surface area contributed by atoms with Gasteiger partial charge in [-0.3, -0.25) is 4.79 Å².